The Hall–Kier alpha value is -2.37. The number of aryl methyl sites for hydroxylation is 4. The molecule has 0 unspecified atom stereocenters. The SMILES string of the molecule is Cc1cc(C)n(CCn2ccnc2C)c(=O)c1C(=O)O. The molecule has 0 saturated carbocycles. The van der Waals surface area contributed by atoms with Gasteiger partial charge in [-0.1, -0.05) is 0 Å². The molecule has 0 aliphatic heterocycles. The number of carboxylic acid groups (broad SMARTS) is 1. The summed E-state index contributed by atoms with van der Waals surface area (Å²) in [6.07, 6.45) is 3.53. The monoisotopic (exact) mass is 275 g/mol. The summed E-state index contributed by atoms with van der Waals surface area (Å²) in [5, 5.41) is 9.13. The van der Waals surface area contributed by atoms with Crippen LogP contribution in [0.2, 0.25) is 0 Å². The van der Waals surface area contributed by atoms with Gasteiger partial charge in [0.15, 0.2) is 0 Å². The van der Waals surface area contributed by atoms with E-state index in [4.69, 9.17) is 5.11 Å². The minimum Gasteiger partial charge on any atom is -0.477 e. The number of nitrogens with zero attached hydrogens (tertiary/aromatic N) is 3. The Morgan fingerprint density at radius 1 is 1.30 bits per heavy atom. The lowest BCUT2D eigenvalue weighted by molar-refractivity contribution is 0.0693. The van der Waals surface area contributed by atoms with E-state index >= 15 is 0 Å². The van der Waals surface area contributed by atoms with E-state index in [2.05, 4.69) is 4.98 Å². The second kappa shape index (κ2) is 5.32. The zero-order valence-corrected chi connectivity index (χ0v) is 11.8. The largest absolute Gasteiger partial charge is 0.477 e. The molecule has 2 aromatic rings. The predicted molar refractivity (Wildman–Crippen MR) is 74.1 cm³/mol. The first-order valence-electron chi connectivity index (χ1n) is 6.34. The second-order valence-corrected chi connectivity index (χ2v) is 4.77. The van der Waals surface area contributed by atoms with Crippen LogP contribution in [-0.4, -0.2) is 25.2 Å². The lowest BCUT2D eigenvalue weighted by atomic mass is 10.1. The topological polar surface area (TPSA) is 77.1 Å². The molecule has 6 heteroatoms. The summed E-state index contributed by atoms with van der Waals surface area (Å²) >= 11 is 0. The molecule has 0 aliphatic carbocycles. The van der Waals surface area contributed by atoms with Crippen LogP contribution in [0.15, 0.2) is 23.3 Å². The van der Waals surface area contributed by atoms with Crippen LogP contribution in [0.3, 0.4) is 0 Å². The zero-order chi connectivity index (χ0) is 14.9. The number of rotatable bonds is 4. The van der Waals surface area contributed by atoms with Crippen LogP contribution in [0.1, 0.15) is 27.4 Å². The van der Waals surface area contributed by atoms with Crippen LogP contribution >= 0.6 is 0 Å². The number of aromatic carboxylic acids is 1. The van der Waals surface area contributed by atoms with Gasteiger partial charge in [0.1, 0.15) is 11.4 Å². The highest BCUT2D eigenvalue weighted by molar-refractivity contribution is 5.88. The molecule has 0 radical (unpaired) electrons. The van der Waals surface area contributed by atoms with Crippen molar-refractivity contribution >= 4 is 5.97 Å². The average molecular weight is 275 g/mol. The fourth-order valence-electron chi connectivity index (χ4n) is 2.31. The van der Waals surface area contributed by atoms with Gasteiger partial charge >= 0.3 is 5.97 Å². The van der Waals surface area contributed by atoms with Crippen molar-refractivity contribution in [1.82, 2.24) is 14.1 Å². The molecule has 0 amide bonds. The van der Waals surface area contributed by atoms with Crippen LogP contribution in [0, 0.1) is 20.8 Å². The number of aromatic nitrogens is 3. The van der Waals surface area contributed by atoms with Crippen molar-refractivity contribution in [2.75, 3.05) is 0 Å². The Labute approximate surface area is 116 Å². The van der Waals surface area contributed by atoms with Crippen molar-refractivity contribution in [3.8, 4) is 0 Å². The summed E-state index contributed by atoms with van der Waals surface area (Å²) in [4.78, 5) is 27.5. The molecule has 1 N–H and O–H groups in total. The fraction of sp³-hybridized carbons (Fsp3) is 0.357. The number of hydrogen-bond acceptors (Lipinski definition) is 3. The summed E-state index contributed by atoms with van der Waals surface area (Å²) in [5.41, 5.74) is 0.649. The molecule has 2 aromatic heterocycles. The van der Waals surface area contributed by atoms with Crippen molar-refractivity contribution in [2.45, 2.75) is 33.9 Å². The van der Waals surface area contributed by atoms with E-state index in [-0.39, 0.29) is 5.56 Å². The zero-order valence-electron chi connectivity index (χ0n) is 11.8. The molecule has 6 nitrogen and oxygen atoms in total. The van der Waals surface area contributed by atoms with Gasteiger partial charge in [-0.2, -0.15) is 0 Å². The fourth-order valence-corrected chi connectivity index (χ4v) is 2.31. The molecule has 0 aliphatic rings. The second-order valence-electron chi connectivity index (χ2n) is 4.77. The van der Waals surface area contributed by atoms with Crippen molar-refractivity contribution in [1.29, 1.82) is 0 Å². The molecule has 0 fully saturated rings. The summed E-state index contributed by atoms with van der Waals surface area (Å²) in [7, 11) is 0. The third-order valence-electron chi connectivity index (χ3n) is 3.41. The van der Waals surface area contributed by atoms with Gasteiger partial charge < -0.3 is 14.2 Å². The Morgan fingerprint density at radius 2 is 2.00 bits per heavy atom. The van der Waals surface area contributed by atoms with E-state index < -0.39 is 11.5 Å². The standard InChI is InChI=1S/C14H17N3O3/c1-9-8-10(2)17(13(18)12(9)14(19)20)7-6-16-5-4-15-11(16)3/h4-5,8H,6-7H2,1-3H3,(H,19,20). The van der Waals surface area contributed by atoms with E-state index in [1.54, 1.807) is 26.1 Å². The van der Waals surface area contributed by atoms with Gasteiger partial charge in [-0.15, -0.1) is 0 Å². The van der Waals surface area contributed by atoms with Gasteiger partial charge in [-0.05, 0) is 32.4 Å². The maximum Gasteiger partial charge on any atom is 0.341 e. The maximum absolute atomic E-state index is 12.3. The van der Waals surface area contributed by atoms with E-state index in [1.165, 1.54) is 4.57 Å². The molecule has 0 spiro atoms. The summed E-state index contributed by atoms with van der Waals surface area (Å²) in [6.45, 7) is 6.33. The molecule has 0 atom stereocenters. The molecule has 0 saturated heterocycles. The summed E-state index contributed by atoms with van der Waals surface area (Å²) in [5.74, 6) is -0.318. The highest BCUT2D eigenvalue weighted by Crippen LogP contribution is 2.07. The van der Waals surface area contributed by atoms with Crippen LogP contribution in [0.25, 0.3) is 0 Å². The Kier molecular flexibility index (Phi) is 3.74. The molecular weight excluding hydrogens is 258 g/mol. The van der Waals surface area contributed by atoms with Gasteiger partial charge in [-0.3, -0.25) is 4.79 Å². The van der Waals surface area contributed by atoms with Crippen molar-refractivity contribution in [2.24, 2.45) is 0 Å². The van der Waals surface area contributed by atoms with Gasteiger partial charge in [0.2, 0.25) is 0 Å². The van der Waals surface area contributed by atoms with Gasteiger partial charge in [0, 0.05) is 31.2 Å². The first-order chi connectivity index (χ1) is 9.41. The lowest BCUT2D eigenvalue weighted by Gasteiger charge is -2.13. The van der Waals surface area contributed by atoms with Crippen LogP contribution in [0.5, 0.6) is 0 Å². The van der Waals surface area contributed by atoms with Crippen molar-refractivity contribution in [3.05, 3.63) is 51.5 Å². The first kappa shape index (κ1) is 14.0. The molecule has 0 aromatic carbocycles. The maximum atomic E-state index is 12.3. The highest BCUT2D eigenvalue weighted by atomic mass is 16.4. The van der Waals surface area contributed by atoms with E-state index in [0.29, 0.717) is 18.7 Å². The van der Waals surface area contributed by atoms with Gasteiger partial charge in [0.05, 0.1) is 0 Å². The quantitative estimate of drug-likeness (QED) is 0.914. The average Bonchev–Trinajstić information content (AvgIpc) is 2.73. The van der Waals surface area contributed by atoms with Crippen LogP contribution in [-0.2, 0) is 13.1 Å². The lowest BCUT2D eigenvalue weighted by Crippen LogP contribution is -2.30. The Balaban J connectivity index is 2.37. The van der Waals surface area contributed by atoms with Crippen molar-refractivity contribution in [3.63, 3.8) is 0 Å². The normalized spacial score (nSPS) is 10.8. The molecule has 2 heterocycles. The number of hydrogen-bond donors (Lipinski definition) is 1. The van der Waals surface area contributed by atoms with Gasteiger partial charge in [0.25, 0.3) is 5.56 Å². The third kappa shape index (κ3) is 2.49. The predicted octanol–water partition coefficient (Wildman–Crippen LogP) is 1.37. The molecule has 106 valence electrons. The van der Waals surface area contributed by atoms with Crippen LogP contribution in [0.4, 0.5) is 0 Å². The van der Waals surface area contributed by atoms with E-state index in [1.807, 2.05) is 17.7 Å². The Bertz CT molecular complexity index is 713. The highest BCUT2D eigenvalue weighted by Gasteiger charge is 2.16. The molecule has 20 heavy (non-hydrogen) atoms. The van der Waals surface area contributed by atoms with Crippen molar-refractivity contribution < 1.29 is 9.90 Å². The Morgan fingerprint density at radius 3 is 2.55 bits per heavy atom. The summed E-state index contributed by atoms with van der Waals surface area (Å²) < 4.78 is 3.42. The van der Waals surface area contributed by atoms with Crippen LogP contribution < -0.4 is 5.56 Å². The van der Waals surface area contributed by atoms with E-state index in [9.17, 15) is 9.59 Å². The molecule has 2 rings (SSSR count). The third-order valence-corrected chi connectivity index (χ3v) is 3.41. The number of pyridine rings is 1. The molecule has 0 bridgehead atoms. The summed E-state index contributed by atoms with van der Waals surface area (Å²) in [6, 6.07) is 1.73. The number of imidazole rings is 1. The number of carboxylic acids is 1. The van der Waals surface area contributed by atoms with E-state index in [0.717, 1.165) is 11.5 Å². The smallest absolute Gasteiger partial charge is 0.341 e. The minimum absolute atomic E-state index is 0.155. The number of carbonyl (C=O) groups is 1. The molecular formula is C14H17N3O3. The van der Waals surface area contributed by atoms with Gasteiger partial charge in [-0.25, -0.2) is 9.78 Å². The first-order valence-corrected chi connectivity index (χ1v) is 6.34. The minimum atomic E-state index is -1.18.